The first kappa shape index (κ1) is 15.6. The lowest BCUT2D eigenvalue weighted by Gasteiger charge is -2.47. The number of nitrogens with zero attached hydrogens (tertiary/aromatic N) is 2. The number of hydrogen-bond acceptors (Lipinski definition) is 2. The van der Waals surface area contributed by atoms with Crippen molar-refractivity contribution in [2.45, 2.75) is 44.7 Å². The van der Waals surface area contributed by atoms with Crippen LogP contribution in [-0.2, 0) is 6.54 Å². The van der Waals surface area contributed by atoms with Crippen LogP contribution in [-0.4, -0.2) is 41.6 Å². The van der Waals surface area contributed by atoms with Crippen molar-refractivity contribution in [2.24, 2.45) is 0 Å². The summed E-state index contributed by atoms with van der Waals surface area (Å²) in [5.41, 5.74) is 0.904. The molecule has 1 aromatic rings. The minimum absolute atomic E-state index is 0.0253. The number of carbonyl (C=O) groups excluding carboxylic acids is 1. The Morgan fingerprint density at radius 1 is 1.50 bits per heavy atom. The van der Waals surface area contributed by atoms with Crippen LogP contribution in [0.1, 0.15) is 43.1 Å². The van der Waals surface area contributed by atoms with Crippen molar-refractivity contribution in [1.82, 2.24) is 14.8 Å². The predicted octanol–water partition coefficient (Wildman–Crippen LogP) is 2.87. The second-order valence-electron chi connectivity index (χ2n) is 5.89. The van der Waals surface area contributed by atoms with Gasteiger partial charge < -0.3 is 14.8 Å². The van der Waals surface area contributed by atoms with Crippen molar-refractivity contribution in [3.63, 3.8) is 0 Å². The molecule has 0 saturated heterocycles. The van der Waals surface area contributed by atoms with E-state index < -0.39 is 0 Å². The number of aromatic nitrogens is 1. The fourth-order valence-corrected chi connectivity index (χ4v) is 3.26. The highest BCUT2D eigenvalue weighted by Gasteiger charge is 2.39. The Kier molecular flexibility index (Phi) is 4.91. The SMILES string of the molecule is CCCn1cc(Br)cc1C(=O)NCC1(N(C)C)CCC1. The van der Waals surface area contributed by atoms with E-state index in [0.29, 0.717) is 0 Å². The Hall–Kier alpha value is -0.810. The van der Waals surface area contributed by atoms with Gasteiger partial charge in [-0.2, -0.15) is 0 Å². The lowest BCUT2D eigenvalue weighted by molar-refractivity contribution is 0.0555. The zero-order valence-electron chi connectivity index (χ0n) is 12.6. The Morgan fingerprint density at radius 2 is 2.20 bits per heavy atom. The molecule has 5 heteroatoms. The van der Waals surface area contributed by atoms with Gasteiger partial charge in [-0.1, -0.05) is 6.92 Å². The number of rotatable bonds is 6. The maximum absolute atomic E-state index is 12.4. The normalized spacial score (nSPS) is 17.1. The number of nitrogens with one attached hydrogen (secondary N) is 1. The summed E-state index contributed by atoms with van der Waals surface area (Å²) in [7, 11) is 4.20. The summed E-state index contributed by atoms with van der Waals surface area (Å²) in [5, 5.41) is 3.11. The summed E-state index contributed by atoms with van der Waals surface area (Å²) in [6, 6.07) is 1.90. The smallest absolute Gasteiger partial charge is 0.268 e. The molecule has 0 aliphatic heterocycles. The topological polar surface area (TPSA) is 37.3 Å². The third kappa shape index (κ3) is 3.09. The Balaban J connectivity index is 2.01. The molecule has 1 saturated carbocycles. The average molecular weight is 342 g/mol. The molecule has 0 radical (unpaired) electrons. The first-order valence-corrected chi connectivity index (χ1v) is 8.09. The minimum atomic E-state index is 0.0253. The molecule has 0 unspecified atom stereocenters. The van der Waals surface area contributed by atoms with Crippen LogP contribution < -0.4 is 5.32 Å². The van der Waals surface area contributed by atoms with Crippen LogP contribution in [0.5, 0.6) is 0 Å². The summed E-state index contributed by atoms with van der Waals surface area (Å²) < 4.78 is 2.98. The van der Waals surface area contributed by atoms with Crippen LogP contribution >= 0.6 is 15.9 Å². The summed E-state index contributed by atoms with van der Waals surface area (Å²) >= 11 is 3.45. The molecule has 1 aromatic heterocycles. The van der Waals surface area contributed by atoms with Gasteiger partial charge in [-0.15, -0.1) is 0 Å². The first-order valence-electron chi connectivity index (χ1n) is 7.30. The van der Waals surface area contributed by atoms with Crippen molar-refractivity contribution in [1.29, 1.82) is 0 Å². The summed E-state index contributed by atoms with van der Waals surface area (Å²) in [6.07, 6.45) is 6.58. The highest BCUT2D eigenvalue weighted by molar-refractivity contribution is 9.10. The predicted molar refractivity (Wildman–Crippen MR) is 85.0 cm³/mol. The molecule has 112 valence electrons. The molecule has 2 rings (SSSR count). The van der Waals surface area contributed by atoms with Crippen LogP contribution in [0.4, 0.5) is 0 Å². The van der Waals surface area contributed by atoms with Crippen molar-refractivity contribution < 1.29 is 4.79 Å². The number of amides is 1. The molecule has 4 nitrogen and oxygen atoms in total. The van der Waals surface area contributed by atoms with Gasteiger partial charge in [0.25, 0.3) is 5.91 Å². The van der Waals surface area contributed by atoms with Crippen LogP contribution in [0, 0.1) is 0 Å². The third-order valence-electron chi connectivity index (χ3n) is 4.37. The van der Waals surface area contributed by atoms with Crippen LogP contribution in [0.3, 0.4) is 0 Å². The van der Waals surface area contributed by atoms with Gasteiger partial charge in [-0.3, -0.25) is 4.79 Å². The maximum Gasteiger partial charge on any atom is 0.268 e. The number of likely N-dealkylation sites (N-methyl/N-ethyl adjacent to an activating group) is 1. The van der Waals surface area contributed by atoms with Gasteiger partial charge in [0.05, 0.1) is 0 Å². The molecule has 1 amide bonds. The van der Waals surface area contributed by atoms with E-state index in [1.54, 1.807) is 0 Å². The Bertz CT molecular complexity index is 477. The van der Waals surface area contributed by atoms with Crippen molar-refractivity contribution in [3.05, 3.63) is 22.4 Å². The summed E-state index contributed by atoms with van der Waals surface area (Å²) in [5.74, 6) is 0.0253. The molecule has 0 bridgehead atoms. The quantitative estimate of drug-likeness (QED) is 0.863. The van der Waals surface area contributed by atoms with E-state index in [0.717, 1.165) is 29.7 Å². The standard InChI is InChI=1S/C15H24BrN3O/c1-4-8-19-10-12(16)9-13(19)14(20)17-11-15(18(2)3)6-5-7-15/h9-10H,4-8,11H2,1-3H3,(H,17,20). The van der Waals surface area contributed by atoms with Gasteiger partial charge in [-0.25, -0.2) is 0 Å². The second kappa shape index (κ2) is 6.31. The lowest BCUT2D eigenvalue weighted by Crippen LogP contribution is -2.57. The van der Waals surface area contributed by atoms with E-state index in [1.165, 1.54) is 19.3 Å². The number of hydrogen-bond donors (Lipinski definition) is 1. The fraction of sp³-hybridized carbons (Fsp3) is 0.667. The first-order chi connectivity index (χ1) is 9.48. The minimum Gasteiger partial charge on any atom is -0.349 e. The van der Waals surface area contributed by atoms with Gasteiger partial charge in [0.2, 0.25) is 0 Å². The number of carbonyl (C=O) groups is 1. The summed E-state index contributed by atoms with van der Waals surface area (Å²) in [4.78, 5) is 14.6. The van der Waals surface area contributed by atoms with Crippen molar-refractivity contribution in [3.8, 4) is 0 Å². The van der Waals surface area contributed by atoms with E-state index in [1.807, 2.05) is 16.8 Å². The monoisotopic (exact) mass is 341 g/mol. The Morgan fingerprint density at radius 3 is 2.70 bits per heavy atom. The van der Waals surface area contributed by atoms with E-state index >= 15 is 0 Å². The number of aryl methyl sites for hydroxylation is 1. The van der Waals surface area contributed by atoms with Crippen LogP contribution in [0.15, 0.2) is 16.7 Å². The zero-order valence-corrected chi connectivity index (χ0v) is 14.2. The van der Waals surface area contributed by atoms with Gasteiger partial charge in [0, 0.05) is 29.3 Å². The van der Waals surface area contributed by atoms with Crippen LogP contribution in [0.2, 0.25) is 0 Å². The fourth-order valence-electron chi connectivity index (χ4n) is 2.79. The molecule has 1 aliphatic rings. The van der Waals surface area contributed by atoms with E-state index in [9.17, 15) is 4.79 Å². The Labute approximate surface area is 129 Å². The molecule has 1 N–H and O–H groups in total. The summed E-state index contributed by atoms with van der Waals surface area (Å²) in [6.45, 7) is 3.71. The maximum atomic E-state index is 12.4. The molecule has 1 aliphatic carbocycles. The van der Waals surface area contributed by atoms with E-state index in [4.69, 9.17) is 0 Å². The zero-order chi connectivity index (χ0) is 14.8. The second-order valence-corrected chi connectivity index (χ2v) is 6.81. The molecule has 0 atom stereocenters. The third-order valence-corrected chi connectivity index (χ3v) is 4.80. The highest BCUT2D eigenvalue weighted by Crippen LogP contribution is 2.35. The molecule has 20 heavy (non-hydrogen) atoms. The van der Waals surface area contributed by atoms with Crippen molar-refractivity contribution >= 4 is 21.8 Å². The van der Waals surface area contributed by atoms with Crippen molar-refractivity contribution in [2.75, 3.05) is 20.6 Å². The molecule has 0 aromatic carbocycles. The van der Waals surface area contributed by atoms with E-state index in [-0.39, 0.29) is 11.4 Å². The molecule has 0 spiro atoms. The van der Waals surface area contributed by atoms with Gasteiger partial charge in [0.15, 0.2) is 0 Å². The van der Waals surface area contributed by atoms with Gasteiger partial charge >= 0.3 is 0 Å². The average Bonchev–Trinajstić information content (AvgIpc) is 2.69. The van der Waals surface area contributed by atoms with Gasteiger partial charge in [0.1, 0.15) is 5.69 Å². The molecular weight excluding hydrogens is 318 g/mol. The van der Waals surface area contributed by atoms with Crippen LogP contribution in [0.25, 0.3) is 0 Å². The lowest BCUT2D eigenvalue weighted by atomic mass is 9.75. The molecular formula is C15H24BrN3O. The number of halogens is 1. The molecule has 1 heterocycles. The van der Waals surface area contributed by atoms with Gasteiger partial charge in [-0.05, 0) is 61.8 Å². The molecule has 1 fully saturated rings. The van der Waals surface area contributed by atoms with E-state index in [2.05, 4.69) is 47.2 Å². The largest absolute Gasteiger partial charge is 0.349 e. The highest BCUT2D eigenvalue weighted by atomic mass is 79.9.